The summed E-state index contributed by atoms with van der Waals surface area (Å²) in [6.45, 7) is 5.74. The number of rotatable bonds is 6. The number of fused-ring (bicyclic) bond motifs is 3. The van der Waals surface area contributed by atoms with Crippen LogP contribution >= 0.6 is 0 Å². The second-order valence-electron chi connectivity index (χ2n) is 11.6. The van der Waals surface area contributed by atoms with Gasteiger partial charge in [0.25, 0.3) is 0 Å². The van der Waals surface area contributed by atoms with Crippen LogP contribution in [0.1, 0.15) is 55.4 Å². The highest BCUT2D eigenvalue weighted by atomic mass is 16.6. The topological polar surface area (TPSA) is 99.1 Å². The first kappa shape index (κ1) is 26.5. The molecule has 7 heteroatoms. The number of para-hydroxylation sites is 1. The Hall–Kier alpha value is -3.68. The lowest BCUT2D eigenvalue weighted by molar-refractivity contribution is -0.270. The van der Waals surface area contributed by atoms with Crippen LogP contribution in [0.4, 0.5) is 17.1 Å². The van der Waals surface area contributed by atoms with Gasteiger partial charge in [0.1, 0.15) is 5.75 Å². The van der Waals surface area contributed by atoms with Crippen LogP contribution in [0.2, 0.25) is 0 Å². The monoisotopic (exact) mass is 540 g/mol. The molecular weight excluding hydrogens is 504 g/mol. The molecule has 3 aliphatic rings. The van der Waals surface area contributed by atoms with Crippen molar-refractivity contribution in [3.05, 3.63) is 83.4 Å². The summed E-state index contributed by atoms with van der Waals surface area (Å²) in [6.07, 6.45) is 1.98. The van der Waals surface area contributed by atoms with Gasteiger partial charge in [-0.2, -0.15) is 0 Å². The Kier molecular flexibility index (Phi) is 6.67. The molecule has 3 fully saturated rings. The number of aromatic hydroxyl groups is 1. The van der Waals surface area contributed by atoms with Gasteiger partial charge in [-0.3, -0.25) is 14.5 Å². The number of imide groups is 1. The summed E-state index contributed by atoms with van der Waals surface area (Å²) in [5.41, 5.74) is 4.70. The number of phenolic OH excluding ortho intramolecular Hbond substituents is 1. The van der Waals surface area contributed by atoms with E-state index in [0.29, 0.717) is 24.9 Å². The van der Waals surface area contributed by atoms with Crippen molar-refractivity contribution in [3.63, 3.8) is 0 Å². The molecule has 2 aliphatic heterocycles. The highest BCUT2D eigenvalue weighted by molar-refractivity contribution is 6.22. The summed E-state index contributed by atoms with van der Waals surface area (Å²) in [4.78, 5) is 29.1. The number of anilines is 3. The van der Waals surface area contributed by atoms with Gasteiger partial charge in [-0.15, -0.1) is 0 Å². The smallest absolute Gasteiger partial charge is 0.238 e. The standard InChI is InChI=1S/C33H36N2O5/c1-4-8-22-17-26-29(27-18-28(40-33(22,27)39)21-15-19(2)30(36)20(3)16-21)32(38)35(31(26)37)25-13-11-24(12-14-25)34-23-9-6-5-7-10-23/h5-7,9-16,22,26-29,34,36,39H,4,8,17-18H2,1-3H3/t22-,26-,27-,28-,29-,33+/m0/s1. The first-order valence-corrected chi connectivity index (χ1v) is 14.2. The number of benzene rings is 3. The third-order valence-electron chi connectivity index (χ3n) is 9.07. The molecule has 6 atom stereocenters. The van der Waals surface area contributed by atoms with Crippen LogP contribution in [0.25, 0.3) is 0 Å². The van der Waals surface area contributed by atoms with Gasteiger partial charge in [-0.05, 0) is 98.3 Å². The van der Waals surface area contributed by atoms with Crippen LogP contribution in [0.5, 0.6) is 5.75 Å². The lowest BCUT2D eigenvalue weighted by Gasteiger charge is -2.44. The molecule has 0 radical (unpaired) electrons. The Morgan fingerprint density at radius 1 is 0.950 bits per heavy atom. The van der Waals surface area contributed by atoms with Crippen molar-refractivity contribution in [2.45, 2.75) is 58.3 Å². The van der Waals surface area contributed by atoms with Crippen molar-refractivity contribution in [1.82, 2.24) is 0 Å². The Morgan fingerprint density at radius 3 is 2.25 bits per heavy atom. The molecule has 3 N–H and O–H groups in total. The van der Waals surface area contributed by atoms with Gasteiger partial charge in [0.15, 0.2) is 5.79 Å². The van der Waals surface area contributed by atoms with Crippen molar-refractivity contribution in [1.29, 1.82) is 0 Å². The minimum atomic E-state index is -1.49. The molecule has 0 bridgehead atoms. The highest BCUT2D eigenvalue weighted by Gasteiger charge is 2.66. The zero-order chi connectivity index (χ0) is 28.2. The number of phenols is 1. The molecule has 3 aromatic rings. The molecule has 2 heterocycles. The summed E-state index contributed by atoms with van der Waals surface area (Å²) >= 11 is 0. The van der Waals surface area contributed by atoms with Gasteiger partial charge in [0, 0.05) is 23.2 Å². The minimum absolute atomic E-state index is 0.193. The number of hydrogen-bond donors (Lipinski definition) is 3. The SMILES string of the molecule is CCC[C@H]1C[C@@H]2C(=O)N(c3ccc(Nc4ccccc4)cc3)C(=O)[C@@H]2[C@@H]2C[C@@H](c3cc(C)c(O)c(C)c3)O[C@]12O. The Balaban J connectivity index is 1.30. The normalized spacial score (nSPS) is 29.4. The van der Waals surface area contributed by atoms with E-state index in [1.54, 1.807) is 12.1 Å². The number of aryl methyl sites for hydroxylation is 2. The summed E-state index contributed by atoms with van der Waals surface area (Å²) in [7, 11) is 0. The van der Waals surface area contributed by atoms with Crippen molar-refractivity contribution in [2.24, 2.45) is 23.7 Å². The predicted molar refractivity (Wildman–Crippen MR) is 153 cm³/mol. The number of ether oxygens (including phenoxy) is 1. The average molecular weight is 541 g/mol. The van der Waals surface area contributed by atoms with E-state index in [1.165, 1.54) is 4.90 Å². The molecule has 1 aliphatic carbocycles. The minimum Gasteiger partial charge on any atom is -0.507 e. The summed E-state index contributed by atoms with van der Waals surface area (Å²) in [6, 6.07) is 20.9. The molecule has 1 saturated carbocycles. The number of aliphatic hydroxyl groups is 1. The summed E-state index contributed by atoms with van der Waals surface area (Å²) < 4.78 is 6.44. The van der Waals surface area contributed by atoms with E-state index in [9.17, 15) is 19.8 Å². The molecular formula is C33H36N2O5. The van der Waals surface area contributed by atoms with Crippen molar-refractivity contribution in [2.75, 3.05) is 10.2 Å². The Bertz CT molecular complexity index is 1420. The first-order valence-electron chi connectivity index (χ1n) is 14.2. The second kappa shape index (κ2) is 10.1. The van der Waals surface area contributed by atoms with Crippen molar-refractivity contribution >= 4 is 28.9 Å². The van der Waals surface area contributed by atoms with Crippen LogP contribution in [-0.4, -0.2) is 27.8 Å². The van der Waals surface area contributed by atoms with Gasteiger partial charge < -0.3 is 20.3 Å². The molecule has 0 spiro atoms. The average Bonchev–Trinajstić information content (AvgIpc) is 3.42. The maximum Gasteiger partial charge on any atom is 0.238 e. The fourth-order valence-electron chi connectivity index (χ4n) is 7.18. The quantitative estimate of drug-likeness (QED) is 0.325. The third kappa shape index (κ3) is 4.28. The summed E-state index contributed by atoms with van der Waals surface area (Å²) in [5, 5.41) is 25.7. The fourth-order valence-corrected chi connectivity index (χ4v) is 7.18. The van der Waals surface area contributed by atoms with Crippen LogP contribution in [0.3, 0.4) is 0 Å². The highest BCUT2D eigenvalue weighted by Crippen LogP contribution is 2.59. The van der Waals surface area contributed by atoms with E-state index in [2.05, 4.69) is 12.2 Å². The number of nitrogens with zero attached hydrogens (tertiary/aromatic N) is 1. The van der Waals surface area contributed by atoms with Gasteiger partial charge in [-0.25, -0.2) is 0 Å². The molecule has 0 aromatic heterocycles. The van der Waals surface area contributed by atoms with E-state index < -0.39 is 29.6 Å². The number of carbonyl (C=O) groups excluding carboxylic acids is 2. The lowest BCUT2D eigenvalue weighted by Crippen LogP contribution is -2.53. The van der Waals surface area contributed by atoms with E-state index in [1.807, 2.05) is 68.4 Å². The van der Waals surface area contributed by atoms with Crippen LogP contribution in [0.15, 0.2) is 66.7 Å². The van der Waals surface area contributed by atoms with Crippen LogP contribution < -0.4 is 10.2 Å². The molecule has 3 aromatic carbocycles. The zero-order valence-electron chi connectivity index (χ0n) is 23.1. The van der Waals surface area contributed by atoms with Crippen molar-refractivity contribution < 1.29 is 24.5 Å². The molecule has 6 rings (SSSR count). The van der Waals surface area contributed by atoms with Crippen LogP contribution in [-0.2, 0) is 14.3 Å². The van der Waals surface area contributed by atoms with Gasteiger partial charge in [0.05, 0.1) is 23.6 Å². The fraction of sp³-hybridized carbons (Fsp3) is 0.394. The second-order valence-corrected chi connectivity index (χ2v) is 11.6. The lowest BCUT2D eigenvalue weighted by atomic mass is 9.63. The largest absolute Gasteiger partial charge is 0.507 e. The van der Waals surface area contributed by atoms with E-state index in [4.69, 9.17) is 4.74 Å². The molecule has 7 nitrogen and oxygen atoms in total. The molecule has 2 amide bonds. The predicted octanol–water partition coefficient (Wildman–Crippen LogP) is 6.14. The number of nitrogens with one attached hydrogen (secondary N) is 1. The number of hydrogen-bond acceptors (Lipinski definition) is 6. The third-order valence-corrected chi connectivity index (χ3v) is 9.07. The zero-order valence-corrected chi connectivity index (χ0v) is 23.1. The molecule has 40 heavy (non-hydrogen) atoms. The van der Waals surface area contributed by atoms with Gasteiger partial charge in [-0.1, -0.05) is 31.5 Å². The maximum atomic E-state index is 14.0. The van der Waals surface area contributed by atoms with Gasteiger partial charge >= 0.3 is 0 Å². The summed E-state index contributed by atoms with van der Waals surface area (Å²) in [5.74, 6) is -3.57. The van der Waals surface area contributed by atoms with E-state index in [-0.39, 0.29) is 23.5 Å². The molecule has 0 unspecified atom stereocenters. The van der Waals surface area contributed by atoms with Crippen LogP contribution in [0, 0.1) is 37.5 Å². The first-order chi connectivity index (χ1) is 19.2. The number of amides is 2. The molecule has 2 saturated heterocycles. The Morgan fingerprint density at radius 2 is 1.60 bits per heavy atom. The number of carbonyl (C=O) groups is 2. The van der Waals surface area contributed by atoms with E-state index >= 15 is 0 Å². The molecule has 208 valence electrons. The maximum absolute atomic E-state index is 14.0. The van der Waals surface area contributed by atoms with Gasteiger partial charge in [0.2, 0.25) is 11.8 Å². The Labute approximate surface area is 234 Å². The van der Waals surface area contributed by atoms with Crippen molar-refractivity contribution in [3.8, 4) is 5.75 Å². The van der Waals surface area contributed by atoms with E-state index in [0.717, 1.165) is 34.5 Å².